The first-order valence-electron chi connectivity index (χ1n) is 8.66. The van der Waals surface area contributed by atoms with Crippen LogP contribution < -0.4 is 15.2 Å². The van der Waals surface area contributed by atoms with Crippen molar-refractivity contribution < 1.29 is 15.0 Å². The van der Waals surface area contributed by atoms with Crippen molar-refractivity contribution in [2.75, 3.05) is 16.8 Å². The number of aromatic hydroxyl groups is 2. The number of carbonyl (C=O) groups excluding carboxylic acids is 1. The second kappa shape index (κ2) is 6.38. The van der Waals surface area contributed by atoms with E-state index in [1.165, 1.54) is 6.07 Å². The smallest absolute Gasteiger partial charge is 0.231 e. The molecular formula is C19H20N4O3S. The molecule has 0 fully saturated rings. The Morgan fingerprint density at radius 3 is 2.78 bits per heavy atom. The Bertz CT molecular complexity index is 976. The van der Waals surface area contributed by atoms with Crippen molar-refractivity contribution in [1.82, 2.24) is 5.43 Å². The van der Waals surface area contributed by atoms with E-state index in [1.807, 2.05) is 30.0 Å². The number of amides is 1. The average Bonchev–Trinajstić information content (AvgIpc) is 3.15. The lowest BCUT2D eigenvalue weighted by atomic mass is 10.0. The Morgan fingerprint density at radius 2 is 2.04 bits per heavy atom. The van der Waals surface area contributed by atoms with E-state index in [-0.39, 0.29) is 17.4 Å². The number of hydrazone groups is 1. The van der Waals surface area contributed by atoms with Gasteiger partial charge in [0.1, 0.15) is 11.5 Å². The van der Waals surface area contributed by atoms with Crippen molar-refractivity contribution in [3.8, 4) is 11.5 Å². The van der Waals surface area contributed by atoms with Crippen LogP contribution in [0.4, 0.5) is 11.4 Å². The van der Waals surface area contributed by atoms with Crippen molar-refractivity contribution in [2.24, 2.45) is 5.10 Å². The molecule has 0 radical (unpaired) electrons. The van der Waals surface area contributed by atoms with Crippen molar-refractivity contribution in [2.45, 2.75) is 25.3 Å². The molecule has 0 saturated carbocycles. The van der Waals surface area contributed by atoms with Crippen LogP contribution in [0.3, 0.4) is 0 Å². The van der Waals surface area contributed by atoms with Gasteiger partial charge in [0.2, 0.25) is 5.91 Å². The second-order valence-electron chi connectivity index (χ2n) is 6.60. The van der Waals surface area contributed by atoms with Gasteiger partial charge >= 0.3 is 0 Å². The molecule has 1 unspecified atom stereocenters. The van der Waals surface area contributed by atoms with Gasteiger partial charge in [-0.15, -0.1) is 12.6 Å². The summed E-state index contributed by atoms with van der Waals surface area (Å²) in [6.07, 6.45) is 0.979. The molecule has 0 spiro atoms. The number of anilines is 2. The lowest BCUT2D eigenvalue weighted by Crippen LogP contribution is -2.36. The normalized spacial score (nSPS) is 18.6. The van der Waals surface area contributed by atoms with Crippen LogP contribution in [0.15, 0.2) is 35.4 Å². The predicted molar refractivity (Wildman–Crippen MR) is 108 cm³/mol. The third-order valence-electron chi connectivity index (χ3n) is 5.00. The molecule has 0 aromatic heterocycles. The summed E-state index contributed by atoms with van der Waals surface area (Å²) in [4.78, 5) is 15.5. The first-order chi connectivity index (χ1) is 12.9. The quantitative estimate of drug-likeness (QED) is 0.609. The van der Waals surface area contributed by atoms with Gasteiger partial charge in [-0.3, -0.25) is 15.1 Å². The van der Waals surface area contributed by atoms with Crippen molar-refractivity contribution >= 4 is 35.7 Å². The lowest BCUT2D eigenvalue weighted by molar-refractivity contribution is -0.117. The van der Waals surface area contributed by atoms with Gasteiger partial charge in [0.25, 0.3) is 0 Å². The summed E-state index contributed by atoms with van der Waals surface area (Å²) in [5.74, 6) is 0.550. The van der Waals surface area contributed by atoms with E-state index in [2.05, 4.69) is 23.2 Å². The fraction of sp³-hybridized carbons (Fsp3) is 0.263. The minimum Gasteiger partial charge on any atom is -0.508 e. The van der Waals surface area contributed by atoms with E-state index in [0.717, 1.165) is 16.9 Å². The molecule has 27 heavy (non-hydrogen) atoms. The molecule has 0 bridgehead atoms. The van der Waals surface area contributed by atoms with Crippen molar-refractivity contribution in [3.63, 3.8) is 0 Å². The summed E-state index contributed by atoms with van der Waals surface area (Å²) in [6.45, 7) is 1.93. The molecule has 2 aliphatic heterocycles. The molecule has 2 heterocycles. The highest BCUT2D eigenvalue weighted by atomic mass is 32.1. The Morgan fingerprint density at radius 1 is 1.26 bits per heavy atom. The highest BCUT2D eigenvalue weighted by Crippen LogP contribution is 2.36. The number of amidine groups is 1. The molecule has 8 heteroatoms. The van der Waals surface area contributed by atoms with E-state index in [9.17, 15) is 15.0 Å². The molecule has 140 valence electrons. The maximum atomic E-state index is 12.0. The molecular weight excluding hydrogens is 364 g/mol. The van der Waals surface area contributed by atoms with E-state index in [0.29, 0.717) is 29.8 Å². The van der Waals surface area contributed by atoms with Gasteiger partial charge in [0.15, 0.2) is 11.3 Å². The molecule has 4 rings (SSSR count). The van der Waals surface area contributed by atoms with Crippen LogP contribution in [0.5, 0.6) is 11.5 Å². The number of phenols is 2. The molecule has 2 aromatic carbocycles. The number of carbonyl (C=O) groups is 1. The van der Waals surface area contributed by atoms with Crippen LogP contribution in [0.25, 0.3) is 0 Å². The topological polar surface area (TPSA) is 88.4 Å². The van der Waals surface area contributed by atoms with Gasteiger partial charge < -0.3 is 15.1 Å². The summed E-state index contributed by atoms with van der Waals surface area (Å²) in [5, 5.41) is 24.7. The summed E-state index contributed by atoms with van der Waals surface area (Å²) < 4.78 is 0. The third kappa shape index (κ3) is 2.76. The molecule has 0 saturated heterocycles. The van der Waals surface area contributed by atoms with Crippen molar-refractivity contribution in [1.29, 1.82) is 0 Å². The highest BCUT2D eigenvalue weighted by molar-refractivity contribution is 7.81. The number of fused-ring (bicyclic) bond motifs is 1. The highest BCUT2D eigenvalue weighted by Gasteiger charge is 2.32. The Hall–Kier alpha value is -2.87. The molecule has 2 aliphatic rings. The first-order valence-corrected chi connectivity index (χ1v) is 9.17. The number of hydrogen-bond acceptors (Lipinski definition) is 7. The van der Waals surface area contributed by atoms with E-state index < -0.39 is 5.50 Å². The molecule has 2 aromatic rings. The molecule has 1 amide bonds. The van der Waals surface area contributed by atoms with Crippen LogP contribution in [0.2, 0.25) is 0 Å². The molecule has 7 nitrogen and oxygen atoms in total. The van der Waals surface area contributed by atoms with Gasteiger partial charge in [0, 0.05) is 24.5 Å². The van der Waals surface area contributed by atoms with E-state index in [1.54, 1.807) is 18.0 Å². The van der Waals surface area contributed by atoms with Crippen LogP contribution in [0.1, 0.15) is 23.6 Å². The summed E-state index contributed by atoms with van der Waals surface area (Å²) in [7, 11) is 1.76. The van der Waals surface area contributed by atoms with Crippen LogP contribution in [-0.2, 0) is 17.6 Å². The second-order valence-corrected chi connectivity index (χ2v) is 7.09. The summed E-state index contributed by atoms with van der Waals surface area (Å²) >= 11 is 4.54. The number of nitrogens with zero attached hydrogens (tertiary/aromatic N) is 3. The van der Waals surface area contributed by atoms with E-state index >= 15 is 0 Å². The van der Waals surface area contributed by atoms with Gasteiger partial charge in [0.05, 0.1) is 12.0 Å². The van der Waals surface area contributed by atoms with Crippen LogP contribution in [-0.4, -0.2) is 34.5 Å². The number of rotatable bonds is 3. The maximum Gasteiger partial charge on any atom is 0.231 e. The number of hydrogen-bond donors (Lipinski definition) is 4. The van der Waals surface area contributed by atoms with E-state index in [4.69, 9.17) is 0 Å². The maximum absolute atomic E-state index is 12.0. The number of thiol groups is 1. The Labute approximate surface area is 162 Å². The fourth-order valence-corrected chi connectivity index (χ4v) is 3.79. The zero-order valence-electron chi connectivity index (χ0n) is 15.0. The Balaban J connectivity index is 1.77. The number of likely N-dealkylation sites (N-methyl/N-ethyl adjacent to an activating group) is 1. The number of benzene rings is 2. The van der Waals surface area contributed by atoms with Crippen LogP contribution in [0, 0.1) is 0 Å². The number of aryl methyl sites for hydroxylation is 1. The van der Waals surface area contributed by atoms with Crippen LogP contribution >= 0.6 is 12.6 Å². The predicted octanol–water partition coefficient (Wildman–Crippen LogP) is 2.16. The van der Waals surface area contributed by atoms with Gasteiger partial charge in [-0.05, 0) is 41.8 Å². The third-order valence-corrected chi connectivity index (χ3v) is 5.34. The largest absolute Gasteiger partial charge is 0.508 e. The lowest BCUT2D eigenvalue weighted by Gasteiger charge is -2.25. The summed E-state index contributed by atoms with van der Waals surface area (Å²) in [6, 6.07) is 8.81. The minimum atomic E-state index is -0.425. The molecule has 3 N–H and O–H groups in total. The fourth-order valence-electron chi connectivity index (χ4n) is 3.49. The van der Waals surface area contributed by atoms with Crippen molar-refractivity contribution in [3.05, 3.63) is 47.0 Å². The SMILES string of the molecule is CCc1cc(C2=NNC(S)N2c2ccc3c(c2)CC(=O)N3C)c(O)cc1O. The zero-order valence-corrected chi connectivity index (χ0v) is 15.9. The average molecular weight is 384 g/mol. The summed E-state index contributed by atoms with van der Waals surface area (Å²) in [5.41, 5.74) is 6.35. The number of phenolic OH excluding ortho intramolecular Hbond substituents is 2. The van der Waals surface area contributed by atoms with Gasteiger partial charge in [-0.25, -0.2) is 0 Å². The number of nitrogens with one attached hydrogen (secondary N) is 1. The minimum absolute atomic E-state index is 0.0540. The Kier molecular flexibility index (Phi) is 4.15. The molecule has 0 aliphatic carbocycles. The van der Waals surface area contributed by atoms with Gasteiger partial charge in [-0.1, -0.05) is 6.92 Å². The molecule has 1 atom stereocenters. The standard InChI is InChI=1S/C19H20N4O3S/c1-3-10-7-13(16(25)9-15(10)24)18-20-21-19(27)23(18)12-4-5-14-11(6-12)8-17(26)22(14)2/h4-7,9,19,21,24-25,27H,3,8H2,1-2H3. The monoisotopic (exact) mass is 384 g/mol. The first kappa shape index (κ1) is 17.5. The van der Waals surface area contributed by atoms with Gasteiger partial charge in [-0.2, -0.15) is 5.10 Å². The zero-order chi connectivity index (χ0) is 19.3.